The molecule has 88 valence electrons. The van der Waals surface area contributed by atoms with Crippen LogP contribution in [0.1, 0.15) is 18.7 Å². The van der Waals surface area contributed by atoms with E-state index < -0.39 is 0 Å². The molecule has 0 aromatic carbocycles. The summed E-state index contributed by atoms with van der Waals surface area (Å²) in [6, 6.07) is 1.85. The molecule has 1 aliphatic rings. The van der Waals surface area contributed by atoms with Gasteiger partial charge >= 0.3 is 0 Å². The van der Waals surface area contributed by atoms with Crippen molar-refractivity contribution < 1.29 is 0 Å². The molecule has 1 fully saturated rings. The quantitative estimate of drug-likeness (QED) is 0.819. The zero-order valence-electron chi connectivity index (χ0n) is 9.89. The van der Waals surface area contributed by atoms with Crippen molar-refractivity contribution in [2.75, 3.05) is 26.7 Å². The molecule has 1 N–H and O–H groups in total. The van der Waals surface area contributed by atoms with Crippen LogP contribution in [-0.2, 0) is 6.54 Å². The molecule has 0 atom stereocenters. The first-order chi connectivity index (χ1) is 7.84. The van der Waals surface area contributed by atoms with Crippen molar-refractivity contribution >= 4 is 0 Å². The maximum absolute atomic E-state index is 4.19. The van der Waals surface area contributed by atoms with E-state index in [9.17, 15) is 0 Å². The minimum Gasteiger partial charge on any atom is -0.310 e. The van der Waals surface area contributed by atoms with E-state index >= 15 is 0 Å². The van der Waals surface area contributed by atoms with Gasteiger partial charge in [0.1, 0.15) is 5.82 Å². The van der Waals surface area contributed by atoms with E-state index in [1.165, 1.54) is 25.9 Å². The Morgan fingerprint density at radius 1 is 1.31 bits per heavy atom. The van der Waals surface area contributed by atoms with Crippen molar-refractivity contribution in [2.24, 2.45) is 5.92 Å². The molecular formula is C12H20N4. The van der Waals surface area contributed by atoms with Crippen LogP contribution >= 0.6 is 0 Å². The molecule has 1 aromatic rings. The summed E-state index contributed by atoms with van der Waals surface area (Å²) in [5, 5.41) is 3.44. The van der Waals surface area contributed by atoms with Crippen molar-refractivity contribution in [3.8, 4) is 0 Å². The second-order valence-electron chi connectivity index (χ2n) is 4.54. The second-order valence-corrected chi connectivity index (χ2v) is 4.54. The Bertz CT molecular complexity index is 293. The minimum atomic E-state index is 0.785. The van der Waals surface area contributed by atoms with Crippen LogP contribution in [0.2, 0.25) is 0 Å². The summed E-state index contributed by atoms with van der Waals surface area (Å²) < 4.78 is 0. The first-order valence-electron chi connectivity index (χ1n) is 6.00. The van der Waals surface area contributed by atoms with Crippen LogP contribution in [0, 0.1) is 5.92 Å². The number of rotatable bonds is 4. The summed E-state index contributed by atoms with van der Waals surface area (Å²) >= 11 is 0. The maximum Gasteiger partial charge on any atom is 0.141 e. The van der Waals surface area contributed by atoms with Gasteiger partial charge in [-0.1, -0.05) is 0 Å². The topological polar surface area (TPSA) is 41.0 Å². The van der Waals surface area contributed by atoms with Gasteiger partial charge in [0.05, 0.1) is 6.54 Å². The molecule has 0 aliphatic carbocycles. The van der Waals surface area contributed by atoms with Crippen molar-refractivity contribution in [1.29, 1.82) is 0 Å². The van der Waals surface area contributed by atoms with Gasteiger partial charge in [-0.25, -0.2) is 9.97 Å². The third-order valence-electron chi connectivity index (χ3n) is 3.17. The molecule has 4 nitrogen and oxygen atoms in total. The third kappa shape index (κ3) is 3.54. The molecule has 0 radical (unpaired) electrons. The van der Waals surface area contributed by atoms with E-state index in [-0.39, 0.29) is 0 Å². The predicted octanol–water partition coefficient (Wildman–Crippen LogP) is 0.908. The summed E-state index contributed by atoms with van der Waals surface area (Å²) in [6.07, 6.45) is 6.19. The average molecular weight is 220 g/mol. The Hall–Kier alpha value is -1.00. The molecule has 2 rings (SSSR count). The van der Waals surface area contributed by atoms with Crippen LogP contribution in [0.25, 0.3) is 0 Å². The summed E-state index contributed by atoms with van der Waals surface area (Å²) in [7, 11) is 2.20. The van der Waals surface area contributed by atoms with Crippen molar-refractivity contribution in [2.45, 2.75) is 19.4 Å². The van der Waals surface area contributed by atoms with Crippen LogP contribution in [0.4, 0.5) is 0 Å². The zero-order chi connectivity index (χ0) is 11.2. The van der Waals surface area contributed by atoms with Gasteiger partial charge in [-0.2, -0.15) is 0 Å². The lowest BCUT2D eigenvalue weighted by molar-refractivity contribution is 0.215. The lowest BCUT2D eigenvalue weighted by atomic mass is 9.97. The molecule has 16 heavy (non-hydrogen) atoms. The fraction of sp³-hybridized carbons (Fsp3) is 0.667. The predicted molar refractivity (Wildman–Crippen MR) is 64.0 cm³/mol. The molecule has 2 heterocycles. The fourth-order valence-electron chi connectivity index (χ4n) is 2.08. The van der Waals surface area contributed by atoms with Crippen LogP contribution in [0.5, 0.6) is 0 Å². The van der Waals surface area contributed by atoms with E-state index in [2.05, 4.69) is 27.2 Å². The summed E-state index contributed by atoms with van der Waals surface area (Å²) in [5.74, 6) is 1.70. The van der Waals surface area contributed by atoms with Crippen molar-refractivity contribution in [3.63, 3.8) is 0 Å². The highest BCUT2D eigenvalue weighted by Crippen LogP contribution is 2.14. The van der Waals surface area contributed by atoms with E-state index in [1.54, 1.807) is 12.4 Å². The first kappa shape index (κ1) is 11.5. The average Bonchev–Trinajstić information content (AvgIpc) is 2.33. The maximum atomic E-state index is 4.19. The highest BCUT2D eigenvalue weighted by molar-refractivity contribution is 4.88. The van der Waals surface area contributed by atoms with Crippen LogP contribution < -0.4 is 5.32 Å². The summed E-state index contributed by atoms with van der Waals surface area (Å²) in [6.45, 7) is 4.33. The molecule has 0 bridgehead atoms. The number of hydrogen-bond acceptors (Lipinski definition) is 4. The molecule has 1 saturated heterocycles. The number of nitrogens with one attached hydrogen (secondary N) is 1. The van der Waals surface area contributed by atoms with Gasteiger partial charge in [0, 0.05) is 12.4 Å². The molecule has 1 aliphatic heterocycles. The highest BCUT2D eigenvalue weighted by atomic mass is 15.1. The largest absolute Gasteiger partial charge is 0.310 e. The smallest absolute Gasteiger partial charge is 0.141 e. The number of likely N-dealkylation sites (tertiary alicyclic amines) is 1. The highest BCUT2D eigenvalue weighted by Gasteiger charge is 2.15. The van der Waals surface area contributed by atoms with Crippen LogP contribution in [-0.4, -0.2) is 41.5 Å². The van der Waals surface area contributed by atoms with Crippen LogP contribution in [0.3, 0.4) is 0 Å². The van der Waals surface area contributed by atoms with E-state index in [0.717, 1.165) is 24.8 Å². The molecule has 0 amide bonds. The first-order valence-corrected chi connectivity index (χ1v) is 6.00. The Labute approximate surface area is 97.1 Å². The Balaban J connectivity index is 1.65. The van der Waals surface area contributed by atoms with Gasteiger partial charge < -0.3 is 10.2 Å². The summed E-state index contributed by atoms with van der Waals surface area (Å²) in [4.78, 5) is 10.8. The number of aromatic nitrogens is 2. The molecule has 0 unspecified atom stereocenters. The monoisotopic (exact) mass is 220 g/mol. The fourth-order valence-corrected chi connectivity index (χ4v) is 2.08. The lowest BCUT2D eigenvalue weighted by Crippen LogP contribution is -2.34. The third-order valence-corrected chi connectivity index (χ3v) is 3.17. The number of piperidine rings is 1. The van der Waals surface area contributed by atoms with Gasteiger partial charge in [0.25, 0.3) is 0 Å². The number of hydrogen-bond donors (Lipinski definition) is 1. The van der Waals surface area contributed by atoms with E-state index in [4.69, 9.17) is 0 Å². The standard InChI is InChI=1S/C12H20N4/c1-16-7-3-11(4-8-16)9-13-10-12-14-5-2-6-15-12/h2,5-6,11,13H,3-4,7-10H2,1H3. The molecule has 1 aromatic heterocycles. The zero-order valence-corrected chi connectivity index (χ0v) is 9.89. The molecule has 4 heteroatoms. The molecule has 0 spiro atoms. The molecule has 0 saturated carbocycles. The number of nitrogens with zero attached hydrogens (tertiary/aromatic N) is 3. The van der Waals surface area contributed by atoms with Crippen molar-refractivity contribution in [3.05, 3.63) is 24.3 Å². The lowest BCUT2D eigenvalue weighted by Gasteiger charge is -2.28. The SMILES string of the molecule is CN1CCC(CNCc2ncccn2)CC1. The minimum absolute atomic E-state index is 0.785. The molecular weight excluding hydrogens is 200 g/mol. The Morgan fingerprint density at radius 3 is 2.69 bits per heavy atom. The van der Waals surface area contributed by atoms with E-state index in [1.807, 2.05) is 6.07 Å². The van der Waals surface area contributed by atoms with Gasteiger partial charge in [0.2, 0.25) is 0 Å². The normalized spacial score (nSPS) is 18.8. The van der Waals surface area contributed by atoms with E-state index in [0.29, 0.717) is 0 Å². The van der Waals surface area contributed by atoms with Gasteiger partial charge in [-0.15, -0.1) is 0 Å². The second kappa shape index (κ2) is 5.92. The Morgan fingerprint density at radius 2 is 2.00 bits per heavy atom. The van der Waals surface area contributed by atoms with Crippen molar-refractivity contribution in [1.82, 2.24) is 20.2 Å². The summed E-state index contributed by atoms with van der Waals surface area (Å²) in [5.41, 5.74) is 0. The van der Waals surface area contributed by atoms with Gasteiger partial charge in [-0.3, -0.25) is 0 Å². The van der Waals surface area contributed by atoms with Crippen LogP contribution in [0.15, 0.2) is 18.5 Å². The van der Waals surface area contributed by atoms with Gasteiger partial charge in [-0.05, 0) is 51.5 Å². The van der Waals surface area contributed by atoms with Gasteiger partial charge in [0.15, 0.2) is 0 Å². The Kier molecular flexibility index (Phi) is 4.25.